The Labute approximate surface area is 143 Å². The van der Waals surface area contributed by atoms with Crippen LogP contribution in [0.1, 0.15) is 26.3 Å². The van der Waals surface area contributed by atoms with Gasteiger partial charge >= 0.3 is 6.03 Å². The molecule has 0 fully saturated rings. The predicted octanol–water partition coefficient (Wildman–Crippen LogP) is 3.97. The number of aromatic nitrogens is 1. The Bertz CT molecular complexity index is 627. The molecule has 2 rings (SSSR count). The number of benzene rings is 1. The van der Waals surface area contributed by atoms with E-state index in [0.29, 0.717) is 13.2 Å². The molecule has 1 heterocycles. The number of nitrogens with zero attached hydrogens (tertiary/aromatic N) is 2. The minimum absolute atomic E-state index is 0.0942. The fourth-order valence-electron chi connectivity index (χ4n) is 2.39. The third-order valence-corrected chi connectivity index (χ3v) is 3.69. The van der Waals surface area contributed by atoms with E-state index in [0.717, 1.165) is 17.9 Å². The Morgan fingerprint density at radius 2 is 1.83 bits per heavy atom. The molecule has 0 bridgehead atoms. The lowest BCUT2D eigenvalue weighted by atomic mass is 10.2. The van der Waals surface area contributed by atoms with Crippen LogP contribution in [0.4, 0.5) is 10.5 Å². The van der Waals surface area contributed by atoms with Crippen molar-refractivity contribution in [3.63, 3.8) is 0 Å². The highest BCUT2D eigenvalue weighted by atomic mass is 16.5. The quantitative estimate of drug-likeness (QED) is 0.837. The summed E-state index contributed by atoms with van der Waals surface area (Å²) < 4.78 is 5.41. The zero-order chi connectivity index (χ0) is 17.4. The molecule has 0 aliphatic rings. The number of pyridine rings is 1. The van der Waals surface area contributed by atoms with Crippen LogP contribution in [-0.4, -0.2) is 35.1 Å². The normalized spacial score (nSPS) is 10.5. The van der Waals surface area contributed by atoms with Gasteiger partial charge in [0, 0.05) is 30.7 Å². The summed E-state index contributed by atoms with van der Waals surface area (Å²) in [6, 6.07) is 11.4. The number of anilines is 1. The van der Waals surface area contributed by atoms with Gasteiger partial charge < -0.3 is 15.0 Å². The molecule has 24 heavy (non-hydrogen) atoms. The second-order valence-electron chi connectivity index (χ2n) is 5.78. The first-order valence-electron chi connectivity index (χ1n) is 8.29. The smallest absolute Gasteiger partial charge is 0.322 e. The van der Waals surface area contributed by atoms with Crippen LogP contribution in [0.15, 0.2) is 48.8 Å². The molecule has 0 radical (unpaired) electrons. The summed E-state index contributed by atoms with van der Waals surface area (Å²) in [5.74, 6) is 0.800. The van der Waals surface area contributed by atoms with Crippen LogP contribution in [0.25, 0.3) is 0 Å². The summed E-state index contributed by atoms with van der Waals surface area (Å²) in [4.78, 5) is 18.4. The Balaban J connectivity index is 1.95. The van der Waals surface area contributed by atoms with Crippen molar-refractivity contribution in [1.29, 1.82) is 0 Å². The van der Waals surface area contributed by atoms with Gasteiger partial charge in [-0.2, -0.15) is 0 Å². The van der Waals surface area contributed by atoms with E-state index in [1.165, 1.54) is 5.56 Å². The Morgan fingerprint density at radius 1 is 1.17 bits per heavy atom. The minimum atomic E-state index is -0.0942. The monoisotopic (exact) mass is 327 g/mol. The molecular formula is C19H25N3O2. The van der Waals surface area contributed by atoms with Gasteiger partial charge in [0.05, 0.1) is 6.61 Å². The summed E-state index contributed by atoms with van der Waals surface area (Å²) in [7, 11) is 0. The van der Waals surface area contributed by atoms with Crippen molar-refractivity contribution in [2.75, 3.05) is 18.5 Å². The first-order chi connectivity index (χ1) is 11.6. The maximum atomic E-state index is 12.6. The number of ether oxygens (including phenoxy) is 1. The van der Waals surface area contributed by atoms with E-state index >= 15 is 0 Å². The van der Waals surface area contributed by atoms with Gasteiger partial charge in [0.2, 0.25) is 0 Å². The lowest BCUT2D eigenvalue weighted by molar-refractivity contribution is 0.198. The third kappa shape index (κ3) is 5.26. The molecule has 1 N–H and O–H groups in total. The Kier molecular flexibility index (Phi) is 6.61. The van der Waals surface area contributed by atoms with Crippen LogP contribution in [0.2, 0.25) is 0 Å². The number of amides is 2. The molecule has 0 spiro atoms. The lowest BCUT2D eigenvalue weighted by Crippen LogP contribution is -2.41. The van der Waals surface area contributed by atoms with E-state index < -0.39 is 0 Å². The minimum Gasteiger partial charge on any atom is -0.494 e. The number of carbonyl (C=O) groups excluding carboxylic acids is 1. The van der Waals surface area contributed by atoms with Crippen molar-refractivity contribution in [2.45, 2.75) is 33.2 Å². The Morgan fingerprint density at radius 3 is 2.42 bits per heavy atom. The van der Waals surface area contributed by atoms with Crippen molar-refractivity contribution in [3.8, 4) is 5.75 Å². The van der Waals surface area contributed by atoms with Crippen molar-refractivity contribution < 1.29 is 9.53 Å². The summed E-state index contributed by atoms with van der Waals surface area (Å²) in [6.45, 7) is 7.26. The number of carbonyl (C=O) groups is 1. The highest BCUT2D eigenvalue weighted by Gasteiger charge is 2.16. The summed E-state index contributed by atoms with van der Waals surface area (Å²) in [5, 5.41) is 2.95. The summed E-state index contributed by atoms with van der Waals surface area (Å²) >= 11 is 0. The third-order valence-electron chi connectivity index (χ3n) is 3.69. The SMILES string of the molecule is CCOc1ccc(NC(=O)N(CCc2ccncc2)C(C)C)cc1. The maximum Gasteiger partial charge on any atom is 0.322 e. The average Bonchev–Trinajstić information content (AvgIpc) is 2.58. The molecule has 2 aromatic rings. The fraction of sp³-hybridized carbons (Fsp3) is 0.368. The van der Waals surface area contributed by atoms with Crippen LogP contribution in [0, 0.1) is 0 Å². The van der Waals surface area contributed by atoms with Crippen LogP contribution >= 0.6 is 0 Å². The van der Waals surface area contributed by atoms with Gasteiger partial charge in [-0.3, -0.25) is 4.98 Å². The summed E-state index contributed by atoms with van der Waals surface area (Å²) in [6.07, 6.45) is 4.35. The first kappa shape index (κ1) is 17.8. The van der Waals surface area contributed by atoms with Gasteiger partial charge in [0.1, 0.15) is 5.75 Å². The van der Waals surface area contributed by atoms with Crippen LogP contribution in [0.3, 0.4) is 0 Å². The highest BCUT2D eigenvalue weighted by Crippen LogP contribution is 2.16. The molecule has 128 valence electrons. The standard InChI is InChI=1S/C19H25N3O2/c1-4-24-18-7-5-17(6-8-18)21-19(23)22(15(2)3)14-11-16-9-12-20-13-10-16/h5-10,12-13,15H,4,11,14H2,1-3H3,(H,21,23). The number of hydrogen-bond donors (Lipinski definition) is 1. The number of urea groups is 1. The molecule has 2 amide bonds. The molecule has 0 atom stereocenters. The van der Waals surface area contributed by atoms with Gasteiger partial charge in [-0.1, -0.05) is 0 Å². The molecule has 5 heteroatoms. The molecule has 0 aliphatic heterocycles. The van der Waals surface area contributed by atoms with Gasteiger partial charge in [-0.05, 0) is 69.2 Å². The van der Waals surface area contributed by atoms with Gasteiger partial charge in [0.25, 0.3) is 0 Å². The van der Waals surface area contributed by atoms with E-state index in [1.807, 2.05) is 62.1 Å². The van der Waals surface area contributed by atoms with Crippen molar-refractivity contribution in [2.24, 2.45) is 0 Å². The van der Waals surface area contributed by atoms with Crippen LogP contribution < -0.4 is 10.1 Å². The van der Waals surface area contributed by atoms with E-state index in [9.17, 15) is 4.79 Å². The van der Waals surface area contributed by atoms with Crippen LogP contribution in [-0.2, 0) is 6.42 Å². The molecular weight excluding hydrogens is 302 g/mol. The van der Waals surface area contributed by atoms with E-state index in [2.05, 4.69) is 10.3 Å². The molecule has 1 aromatic heterocycles. The molecule has 0 unspecified atom stereocenters. The van der Waals surface area contributed by atoms with E-state index in [1.54, 1.807) is 12.4 Å². The Hall–Kier alpha value is -2.56. The molecule has 0 saturated carbocycles. The lowest BCUT2D eigenvalue weighted by Gasteiger charge is -2.27. The average molecular weight is 327 g/mol. The van der Waals surface area contributed by atoms with E-state index in [-0.39, 0.29) is 12.1 Å². The molecule has 5 nitrogen and oxygen atoms in total. The maximum absolute atomic E-state index is 12.6. The van der Waals surface area contributed by atoms with Gasteiger partial charge in [-0.25, -0.2) is 4.79 Å². The molecule has 1 aromatic carbocycles. The first-order valence-corrected chi connectivity index (χ1v) is 8.29. The predicted molar refractivity (Wildman–Crippen MR) is 96.4 cm³/mol. The largest absolute Gasteiger partial charge is 0.494 e. The zero-order valence-electron chi connectivity index (χ0n) is 14.5. The van der Waals surface area contributed by atoms with Crippen molar-refractivity contribution in [3.05, 3.63) is 54.4 Å². The number of nitrogens with one attached hydrogen (secondary N) is 1. The fourth-order valence-corrected chi connectivity index (χ4v) is 2.39. The number of rotatable bonds is 7. The number of hydrogen-bond acceptors (Lipinski definition) is 3. The van der Waals surface area contributed by atoms with E-state index in [4.69, 9.17) is 4.74 Å². The van der Waals surface area contributed by atoms with Crippen LogP contribution in [0.5, 0.6) is 5.75 Å². The van der Waals surface area contributed by atoms with Gasteiger partial charge in [0.15, 0.2) is 0 Å². The van der Waals surface area contributed by atoms with Crippen molar-refractivity contribution in [1.82, 2.24) is 9.88 Å². The topological polar surface area (TPSA) is 54.5 Å². The van der Waals surface area contributed by atoms with Crippen molar-refractivity contribution >= 4 is 11.7 Å². The summed E-state index contributed by atoms with van der Waals surface area (Å²) in [5.41, 5.74) is 1.93. The molecule has 0 aliphatic carbocycles. The second kappa shape index (κ2) is 8.91. The molecule has 0 saturated heterocycles. The zero-order valence-corrected chi connectivity index (χ0v) is 14.5. The highest BCUT2D eigenvalue weighted by molar-refractivity contribution is 5.89. The van der Waals surface area contributed by atoms with Gasteiger partial charge in [-0.15, -0.1) is 0 Å². The second-order valence-corrected chi connectivity index (χ2v) is 5.78.